The Labute approximate surface area is 218 Å². The average Bonchev–Trinajstić information content (AvgIpc) is 3.37. The average molecular weight is 513 g/mol. The van der Waals surface area contributed by atoms with Crippen LogP contribution < -0.4 is 15.5 Å². The summed E-state index contributed by atoms with van der Waals surface area (Å²) in [6, 6.07) is 13.6. The Hall–Kier alpha value is -3.62. The quantitative estimate of drug-likeness (QED) is 0.481. The van der Waals surface area contributed by atoms with Gasteiger partial charge >= 0.3 is 6.09 Å². The van der Waals surface area contributed by atoms with Crippen LogP contribution in [0.3, 0.4) is 0 Å². The number of halogens is 1. The van der Waals surface area contributed by atoms with Gasteiger partial charge < -0.3 is 25.2 Å². The molecule has 0 bridgehead atoms. The molecule has 0 aromatic heterocycles. The fourth-order valence-electron chi connectivity index (χ4n) is 4.65. The van der Waals surface area contributed by atoms with E-state index in [9.17, 15) is 18.8 Å². The molecule has 0 unspecified atom stereocenters. The molecule has 0 aliphatic carbocycles. The molecule has 9 heteroatoms. The van der Waals surface area contributed by atoms with Crippen molar-refractivity contribution in [2.24, 2.45) is 5.92 Å². The summed E-state index contributed by atoms with van der Waals surface area (Å²) in [6.07, 6.45) is 2.02. The molecule has 0 spiro atoms. The zero-order chi connectivity index (χ0) is 26.9. The van der Waals surface area contributed by atoms with Crippen molar-refractivity contribution in [1.29, 1.82) is 0 Å². The highest BCUT2D eigenvalue weighted by Gasteiger charge is 2.30. The van der Waals surface area contributed by atoms with Crippen molar-refractivity contribution in [3.63, 3.8) is 0 Å². The largest absolute Gasteiger partial charge is 0.453 e. The minimum absolute atomic E-state index is 0.124. The fourth-order valence-corrected chi connectivity index (χ4v) is 4.65. The maximum absolute atomic E-state index is 13.4. The molecule has 1 aliphatic heterocycles. The Morgan fingerprint density at radius 3 is 2.38 bits per heavy atom. The van der Waals surface area contributed by atoms with Gasteiger partial charge in [0.05, 0.1) is 19.7 Å². The summed E-state index contributed by atoms with van der Waals surface area (Å²) in [4.78, 5) is 41.4. The molecule has 3 rings (SSSR count). The molecule has 1 heterocycles. The van der Waals surface area contributed by atoms with Crippen LogP contribution in [0.25, 0.3) is 0 Å². The van der Waals surface area contributed by atoms with E-state index in [1.807, 2.05) is 45.0 Å². The number of hydrogen-bond acceptors (Lipinski definition) is 5. The fraction of sp³-hybridized carbons (Fsp3) is 0.464. The zero-order valence-electron chi connectivity index (χ0n) is 22.0. The molecule has 2 atom stereocenters. The molecule has 8 nitrogen and oxygen atoms in total. The highest BCUT2D eigenvalue weighted by molar-refractivity contribution is 5.95. The zero-order valence-corrected chi connectivity index (χ0v) is 22.0. The van der Waals surface area contributed by atoms with Crippen LogP contribution in [0.1, 0.15) is 51.6 Å². The summed E-state index contributed by atoms with van der Waals surface area (Å²) in [5, 5.41) is 5.44. The lowest BCUT2D eigenvalue weighted by molar-refractivity contribution is -0.137. The summed E-state index contributed by atoms with van der Waals surface area (Å²) in [7, 11) is 1.24. The first-order valence-electron chi connectivity index (χ1n) is 12.8. The molecule has 1 fully saturated rings. The molecule has 37 heavy (non-hydrogen) atoms. The summed E-state index contributed by atoms with van der Waals surface area (Å²) >= 11 is 0. The van der Waals surface area contributed by atoms with Gasteiger partial charge in [-0.3, -0.25) is 9.59 Å². The first kappa shape index (κ1) is 28.0. The first-order chi connectivity index (χ1) is 17.7. The molecule has 2 aromatic carbocycles. The summed E-state index contributed by atoms with van der Waals surface area (Å²) in [5.41, 5.74) is 2.75. The van der Waals surface area contributed by atoms with Gasteiger partial charge in [0, 0.05) is 24.5 Å². The molecule has 3 amide bonds. The summed E-state index contributed by atoms with van der Waals surface area (Å²) in [6.45, 7) is 6.74. The predicted molar refractivity (Wildman–Crippen MR) is 142 cm³/mol. The van der Waals surface area contributed by atoms with E-state index >= 15 is 0 Å². The normalized spacial score (nSPS) is 15.8. The SMILES string of the molecule is CCCN(CC(=O)Nc1ccc([C@H]2CCCN2c2ccc(F)cc2)cc1)C(=O)[C@@H](NC(=O)OC)C(C)C. The number of nitrogens with one attached hydrogen (secondary N) is 2. The van der Waals surface area contributed by atoms with Crippen molar-refractivity contribution < 1.29 is 23.5 Å². The molecule has 1 aliphatic rings. The van der Waals surface area contributed by atoms with Crippen LogP contribution in [0.4, 0.5) is 20.6 Å². The van der Waals surface area contributed by atoms with Gasteiger partial charge in [-0.05, 0) is 67.1 Å². The molecule has 0 radical (unpaired) electrons. The van der Waals surface area contributed by atoms with E-state index in [1.54, 1.807) is 12.1 Å². The minimum Gasteiger partial charge on any atom is -0.453 e. The number of carbonyl (C=O) groups excluding carboxylic acids is 3. The number of methoxy groups -OCH3 is 1. The van der Waals surface area contributed by atoms with Gasteiger partial charge in [-0.2, -0.15) is 0 Å². The Balaban J connectivity index is 1.64. The third-order valence-electron chi connectivity index (χ3n) is 6.52. The van der Waals surface area contributed by atoms with E-state index in [1.165, 1.54) is 24.1 Å². The van der Waals surface area contributed by atoms with Crippen LogP contribution in [0, 0.1) is 11.7 Å². The monoisotopic (exact) mass is 512 g/mol. The second kappa shape index (κ2) is 13.1. The van der Waals surface area contributed by atoms with Crippen LogP contribution in [-0.2, 0) is 14.3 Å². The third-order valence-corrected chi connectivity index (χ3v) is 6.52. The number of nitrogens with zero attached hydrogens (tertiary/aromatic N) is 2. The molecular formula is C28H37FN4O4. The Morgan fingerprint density at radius 1 is 1.11 bits per heavy atom. The topological polar surface area (TPSA) is 91.0 Å². The van der Waals surface area contributed by atoms with Crippen LogP contribution >= 0.6 is 0 Å². The van der Waals surface area contributed by atoms with Gasteiger partial charge in [0.1, 0.15) is 11.9 Å². The molecule has 0 saturated carbocycles. The van der Waals surface area contributed by atoms with Crippen LogP contribution in [0.15, 0.2) is 48.5 Å². The van der Waals surface area contributed by atoms with Gasteiger partial charge in [0.15, 0.2) is 0 Å². The number of ether oxygens (including phenoxy) is 1. The Morgan fingerprint density at radius 2 is 1.78 bits per heavy atom. The first-order valence-corrected chi connectivity index (χ1v) is 12.8. The summed E-state index contributed by atoms with van der Waals surface area (Å²) in [5.74, 6) is -1.07. The maximum atomic E-state index is 13.4. The standard InChI is InChI=1S/C28H37FN4O4/c1-5-16-32(27(35)26(19(2)3)31-28(36)37-4)18-25(34)30-22-12-8-20(9-13-22)24-7-6-17-33(24)23-14-10-21(29)11-15-23/h8-15,19,24,26H,5-7,16-18H2,1-4H3,(H,30,34)(H,31,36)/t24-,26+/m1/s1. The summed E-state index contributed by atoms with van der Waals surface area (Å²) < 4.78 is 18.0. The second-order valence-corrected chi connectivity index (χ2v) is 9.62. The van der Waals surface area contributed by atoms with E-state index in [4.69, 9.17) is 0 Å². The lowest BCUT2D eigenvalue weighted by Gasteiger charge is -2.29. The van der Waals surface area contributed by atoms with Crippen LogP contribution in [0.5, 0.6) is 0 Å². The molecular weight excluding hydrogens is 475 g/mol. The van der Waals surface area contributed by atoms with Crippen molar-refractivity contribution in [2.45, 2.75) is 52.1 Å². The van der Waals surface area contributed by atoms with Crippen molar-refractivity contribution in [3.05, 3.63) is 59.9 Å². The highest BCUT2D eigenvalue weighted by Crippen LogP contribution is 2.36. The smallest absolute Gasteiger partial charge is 0.407 e. The predicted octanol–water partition coefficient (Wildman–Crippen LogP) is 4.72. The van der Waals surface area contributed by atoms with Crippen molar-refractivity contribution in [2.75, 3.05) is 37.0 Å². The van der Waals surface area contributed by atoms with Crippen LogP contribution in [0.2, 0.25) is 0 Å². The lowest BCUT2D eigenvalue weighted by Crippen LogP contribution is -2.52. The van der Waals surface area contributed by atoms with E-state index in [2.05, 4.69) is 20.3 Å². The van der Waals surface area contributed by atoms with E-state index in [-0.39, 0.29) is 36.1 Å². The van der Waals surface area contributed by atoms with Crippen LogP contribution in [-0.4, -0.2) is 55.6 Å². The molecule has 2 N–H and O–H groups in total. The molecule has 2 aromatic rings. The maximum Gasteiger partial charge on any atom is 0.407 e. The minimum atomic E-state index is -0.790. The van der Waals surface area contributed by atoms with Gasteiger partial charge in [-0.15, -0.1) is 0 Å². The van der Waals surface area contributed by atoms with E-state index in [0.29, 0.717) is 18.7 Å². The highest BCUT2D eigenvalue weighted by atomic mass is 19.1. The van der Waals surface area contributed by atoms with Gasteiger partial charge in [-0.1, -0.05) is 32.9 Å². The number of benzene rings is 2. The van der Waals surface area contributed by atoms with Crippen molar-refractivity contribution in [1.82, 2.24) is 10.2 Å². The molecule has 200 valence electrons. The Kier molecular flexibility index (Phi) is 9.88. The van der Waals surface area contributed by atoms with Gasteiger partial charge in [0.2, 0.25) is 11.8 Å². The number of amides is 3. The van der Waals surface area contributed by atoms with Crippen molar-refractivity contribution in [3.8, 4) is 0 Å². The number of anilines is 2. The second-order valence-electron chi connectivity index (χ2n) is 9.62. The van der Waals surface area contributed by atoms with Gasteiger partial charge in [0.25, 0.3) is 0 Å². The van der Waals surface area contributed by atoms with E-state index in [0.717, 1.165) is 30.6 Å². The van der Waals surface area contributed by atoms with E-state index < -0.39 is 12.1 Å². The molecule has 1 saturated heterocycles. The third kappa shape index (κ3) is 7.44. The lowest BCUT2D eigenvalue weighted by atomic mass is 10.0. The van der Waals surface area contributed by atoms with Crippen molar-refractivity contribution >= 4 is 29.3 Å². The number of alkyl carbamates (subject to hydrolysis) is 1. The number of rotatable bonds is 10. The van der Waals surface area contributed by atoms with Gasteiger partial charge in [-0.25, -0.2) is 9.18 Å². The number of hydrogen-bond donors (Lipinski definition) is 2. The Bertz CT molecular complexity index is 1060. The number of carbonyl (C=O) groups is 3.